The van der Waals surface area contributed by atoms with Crippen molar-refractivity contribution in [3.63, 3.8) is 0 Å². The van der Waals surface area contributed by atoms with Crippen molar-refractivity contribution in [2.75, 3.05) is 45.9 Å². The Morgan fingerprint density at radius 2 is 1.96 bits per heavy atom. The molecule has 1 aromatic carbocycles. The van der Waals surface area contributed by atoms with Crippen LogP contribution in [0, 0.1) is 5.92 Å². The van der Waals surface area contributed by atoms with Gasteiger partial charge in [0, 0.05) is 37.4 Å². The first-order valence-corrected chi connectivity index (χ1v) is 8.36. The number of ether oxygens (including phenoxy) is 3. The van der Waals surface area contributed by atoms with Crippen LogP contribution >= 0.6 is 12.4 Å². The highest BCUT2D eigenvalue weighted by Gasteiger charge is 2.29. The Labute approximate surface area is 156 Å². The van der Waals surface area contributed by atoms with E-state index in [0.717, 1.165) is 25.1 Å². The maximum absolute atomic E-state index is 13.1. The summed E-state index contributed by atoms with van der Waals surface area (Å²) in [5.41, 5.74) is 0.806. The molecule has 6 nitrogen and oxygen atoms in total. The average molecular weight is 373 g/mol. The molecule has 1 aliphatic heterocycles. The summed E-state index contributed by atoms with van der Waals surface area (Å²) in [5.74, 6) is 1.44. The molecule has 0 spiro atoms. The van der Waals surface area contributed by atoms with Gasteiger partial charge in [-0.3, -0.25) is 4.79 Å². The van der Waals surface area contributed by atoms with Crippen molar-refractivity contribution in [2.24, 2.45) is 5.92 Å². The zero-order valence-electron chi connectivity index (χ0n) is 15.4. The van der Waals surface area contributed by atoms with Crippen LogP contribution < -0.4 is 19.7 Å². The highest BCUT2D eigenvalue weighted by Crippen LogP contribution is 2.32. The van der Waals surface area contributed by atoms with E-state index in [1.807, 2.05) is 18.2 Å². The molecule has 7 heteroatoms. The second kappa shape index (κ2) is 10.5. The molecule has 1 fully saturated rings. The number of anilines is 1. The summed E-state index contributed by atoms with van der Waals surface area (Å²) < 4.78 is 15.8. The third kappa shape index (κ3) is 5.49. The van der Waals surface area contributed by atoms with Gasteiger partial charge in [-0.05, 0) is 38.4 Å². The molecule has 2 atom stereocenters. The molecular weight excluding hydrogens is 344 g/mol. The molecule has 142 valence electrons. The normalized spacial score (nSPS) is 19.7. The lowest BCUT2D eigenvalue weighted by atomic mass is 9.92. The van der Waals surface area contributed by atoms with Crippen molar-refractivity contribution in [1.29, 1.82) is 0 Å². The maximum atomic E-state index is 13.1. The Morgan fingerprint density at radius 1 is 1.24 bits per heavy atom. The minimum Gasteiger partial charge on any atom is -0.493 e. The largest absolute Gasteiger partial charge is 0.493 e. The third-order valence-electron chi connectivity index (χ3n) is 4.44. The number of rotatable bonds is 7. The van der Waals surface area contributed by atoms with Crippen LogP contribution in [0.3, 0.4) is 0 Å². The lowest BCUT2D eigenvalue weighted by Crippen LogP contribution is -2.45. The molecule has 1 heterocycles. The van der Waals surface area contributed by atoms with E-state index in [1.165, 1.54) is 0 Å². The highest BCUT2D eigenvalue weighted by molar-refractivity contribution is 5.95. The maximum Gasteiger partial charge on any atom is 0.230 e. The molecule has 2 rings (SSSR count). The quantitative estimate of drug-likeness (QED) is 0.796. The van der Waals surface area contributed by atoms with Crippen molar-refractivity contribution in [2.45, 2.75) is 25.8 Å². The lowest BCUT2D eigenvalue weighted by Gasteiger charge is -2.32. The number of nitrogens with one attached hydrogen (secondary N) is 1. The summed E-state index contributed by atoms with van der Waals surface area (Å²) in [6, 6.07) is 5.92. The van der Waals surface area contributed by atoms with E-state index in [4.69, 9.17) is 14.2 Å². The van der Waals surface area contributed by atoms with Crippen LogP contribution in [0.1, 0.15) is 19.8 Å². The van der Waals surface area contributed by atoms with Crippen LogP contribution in [-0.2, 0) is 9.53 Å². The standard InChI is InChI=1S/C18H28N2O4.ClH/c1-13-11-14(7-8-19-13)18(21)20(9-10-22-2)15-5-6-16(23-3)17(12-15)24-4;/h5-6,12-14,19H,7-11H2,1-4H3;1H/t13-,14-;/m0./s1. The number of hydrogen-bond acceptors (Lipinski definition) is 5. The number of amides is 1. The predicted molar refractivity (Wildman–Crippen MR) is 101 cm³/mol. The zero-order valence-corrected chi connectivity index (χ0v) is 16.2. The van der Waals surface area contributed by atoms with E-state index >= 15 is 0 Å². The molecule has 0 bridgehead atoms. The molecule has 0 radical (unpaired) electrons. The Kier molecular flexibility index (Phi) is 9.03. The molecule has 1 amide bonds. The lowest BCUT2D eigenvalue weighted by molar-refractivity contribution is -0.123. The van der Waals surface area contributed by atoms with E-state index in [9.17, 15) is 4.79 Å². The molecule has 25 heavy (non-hydrogen) atoms. The van der Waals surface area contributed by atoms with Gasteiger partial charge in [0.05, 0.1) is 20.8 Å². The molecule has 0 saturated carbocycles. The minimum atomic E-state index is 0. The van der Waals surface area contributed by atoms with Crippen LogP contribution in [0.25, 0.3) is 0 Å². The number of methoxy groups -OCH3 is 3. The van der Waals surface area contributed by atoms with Crippen LogP contribution in [0.4, 0.5) is 5.69 Å². The van der Waals surface area contributed by atoms with Gasteiger partial charge < -0.3 is 24.4 Å². The molecule has 0 aliphatic carbocycles. The first-order valence-electron chi connectivity index (χ1n) is 8.36. The molecule has 1 saturated heterocycles. The van der Waals surface area contributed by atoms with Gasteiger partial charge in [0.15, 0.2) is 11.5 Å². The first kappa shape index (κ1) is 21.5. The monoisotopic (exact) mass is 372 g/mol. The molecule has 1 aromatic rings. The van der Waals surface area contributed by atoms with Crippen molar-refractivity contribution in [1.82, 2.24) is 5.32 Å². The number of nitrogens with zero attached hydrogens (tertiary/aromatic N) is 1. The van der Waals surface area contributed by atoms with Gasteiger partial charge in [0.1, 0.15) is 0 Å². The summed E-state index contributed by atoms with van der Waals surface area (Å²) in [6.45, 7) is 4.00. The van der Waals surface area contributed by atoms with E-state index in [0.29, 0.717) is 30.7 Å². The van der Waals surface area contributed by atoms with Crippen LogP contribution in [0.15, 0.2) is 18.2 Å². The number of carbonyl (C=O) groups excluding carboxylic acids is 1. The smallest absolute Gasteiger partial charge is 0.230 e. The fourth-order valence-corrected chi connectivity index (χ4v) is 3.12. The Balaban J connectivity index is 0.00000312. The zero-order chi connectivity index (χ0) is 17.5. The van der Waals surface area contributed by atoms with E-state index in [-0.39, 0.29) is 24.2 Å². The van der Waals surface area contributed by atoms with Gasteiger partial charge >= 0.3 is 0 Å². The third-order valence-corrected chi connectivity index (χ3v) is 4.44. The highest BCUT2D eigenvalue weighted by atomic mass is 35.5. The number of piperidine rings is 1. The van der Waals surface area contributed by atoms with E-state index < -0.39 is 0 Å². The van der Waals surface area contributed by atoms with Crippen molar-refractivity contribution >= 4 is 24.0 Å². The van der Waals surface area contributed by atoms with Crippen molar-refractivity contribution in [3.8, 4) is 11.5 Å². The summed E-state index contributed by atoms with van der Waals surface area (Å²) in [5, 5.41) is 3.39. The van der Waals surface area contributed by atoms with Gasteiger partial charge in [-0.1, -0.05) is 0 Å². The second-order valence-electron chi connectivity index (χ2n) is 6.10. The summed E-state index contributed by atoms with van der Waals surface area (Å²) in [6.07, 6.45) is 1.72. The second-order valence-corrected chi connectivity index (χ2v) is 6.10. The van der Waals surface area contributed by atoms with Gasteiger partial charge in [-0.15, -0.1) is 12.4 Å². The van der Waals surface area contributed by atoms with Crippen molar-refractivity contribution in [3.05, 3.63) is 18.2 Å². The predicted octanol–water partition coefficient (Wildman–Crippen LogP) is 2.49. The molecule has 1 aliphatic rings. The van der Waals surface area contributed by atoms with E-state index in [2.05, 4.69) is 12.2 Å². The van der Waals surface area contributed by atoms with Gasteiger partial charge in [0.25, 0.3) is 0 Å². The topological polar surface area (TPSA) is 60.0 Å². The van der Waals surface area contributed by atoms with E-state index in [1.54, 1.807) is 26.2 Å². The van der Waals surface area contributed by atoms with Gasteiger partial charge in [0.2, 0.25) is 5.91 Å². The number of benzene rings is 1. The average Bonchev–Trinajstić information content (AvgIpc) is 2.61. The molecular formula is C18H29ClN2O4. The molecule has 0 aromatic heterocycles. The Bertz CT molecular complexity index is 556. The number of carbonyl (C=O) groups is 1. The van der Waals surface area contributed by atoms with Crippen LogP contribution in [0.5, 0.6) is 11.5 Å². The van der Waals surface area contributed by atoms with Gasteiger partial charge in [-0.25, -0.2) is 0 Å². The minimum absolute atomic E-state index is 0. The fourth-order valence-electron chi connectivity index (χ4n) is 3.12. The first-order chi connectivity index (χ1) is 11.6. The summed E-state index contributed by atoms with van der Waals surface area (Å²) in [4.78, 5) is 14.9. The molecule has 0 unspecified atom stereocenters. The van der Waals surface area contributed by atoms with Crippen LogP contribution in [0.2, 0.25) is 0 Å². The SMILES string of the molecule is COCCN(C(=O)[C@H]1CCN[C@@H](C)C1)c1ccc(OC)c(OC)c1.Cl. The fraction of sp³-hybridized carbons (Fsp3) is 0.611. The Morgan fingerprint density at radius 3 is 2.56 bits per heavy atom. The number of halogens is 1. The summed E-state index contributed by atoms with van der Waals surface area (Å²) in [7, 11) is 4.84. The van der Waals surface area contributed by atoms with Crippen LogP contribution in [-0.4, -0.2) is 53.0 Å². The molecule has 1 N–H and O–H groups in total. The summed E-state index contributed by atoms with van der Waals surface area (Å²) >= 11 is 0. The number of hydrogen-bond donors (Lipinski definition) is 1. The van der Waals surface area contributed by atoms with Crippen molar-refractivity contribution < 1.29 is 19.0 Å². The van der Waals surface area contributed by atoms with Gasteiger partial charge in [-0.2, -0.15) is 0 Å². The Hall–Kier alpha value is -1.50.